The van der Waals surface area contributed by atoms with Crippen LogP contribution in [0.5, 0.6) is 46.0 Å². The van der Waals surface area contributed by atoms with Gasteiger partial charge in [0, 0.05) is 29.6 Å². The SMILES string of the molecule is Nc1ccc(On2p(Oc3cc(Oc4cccc(Br)c4)c(N)c(Oc4cccc(Br)c4)c3Cl)npn(Oc3cccc(Br)c3)p2Oc2cccc(Br)c2)c(Cl)c1. The molecule has 0 aliphatic rings. The summed E-state index contributed by atoms with van der Waals surface area (Å²) in [7, 11) is -3.89. The highest BCUT2D eigenvalue weighted by molar-refractivity contribution is 9.11. The molecule has 11 nitrogen and oxygen atoms in total. The second-order valence-corrected chi connectivity index (χ2v) is 20.0. The van der Waals surface area contributed by atoms with Gasteiger partial charge in [0.05, 0.1) is 5.02 Å². The average molecular weight is 1110 g/mol. The first kappa shape index (κ1) is 40.7. The summed E-state index contributed by atoms with van der Waals surface area (Å²) in [4.78, 5) is 12.9. The lowest BCUT2D eigenvalue weighted by molar-refractivity contribution is 0.232. The van der Waals surface area contributed by atoms with Gasteiger partial charge in [0.2, 0.25) is 0 Å². The summed E-state index contributed by atoms with van der Waals surface area (Å²) < 4.78 is 37.0. The summed E-state index contributed by atoms with van der Waals surface area (Å²) in [5, 5.41) is 0.286. The number of nitrogens with two attached hydrogens (primary N) is 2. The average Bonchev–Trinajstić information content (AvgIpc) is 3.15. The number of nitrogen functional groups attached to an aromatic ring is 2. The molecular formula is C36H24Br4Cl2N5O6P3. The van der Waals surface area contributed by atoms with Gasteiger partial charge < -0.3 is 39.7 Å². The quantitative estimate of drug-likeness (QED) is 0.115. The summed E-state index contributed by atoms with van der Waals surface area (Å²) in [5.41, 5.74) is 13.3. The Morgan fingerprint density at radius 3 is 1.79 bits per heavy atom. The van der Waals surface area contributed by atoms with Gasteiger partial charge >= 0.3 is 16.2 Å². The molecular weight excluding hydrogens is 1080 g/mol. The first-order valence-electron chi connectivity index (χ1n) is 15.9. The molecule has 0 saturated carbocycles. The van der Waals surface area contributed by atoms with E-state index >= 15 is 0 Å². The van der Waals surface area contributed by atoms with Crippen LogP contribution in [0.25, 0.3) is 0 Å². The predicted octanol–water partition coefficient (Wildman–Crippen LogP) is 14.8. The van der Waals surface area contributed by atoms with E-state index in [9.17, 15) is 0 Å². The Hall–Kier alpha value is -3.48. The second kappa shape index (κ2) is 18.4. The number of halogens is 6. The lowest BCUT2D eigenvalue weighted by Gasteiger charge is -2.22. The van der Waals surface area contributed by atoms with Crippen LogP contribution in [0.1, 0.15) is 0 Å². The summed E-state index contributed by atoms with van der Waals surface area (Å²) >= 11 is 27.8. The smallest absolute Gasteiger partial charge is 0.319 e. The van der Waals surface area contributed by atoms with Crippen LogP contribution in [0.2, 0.25) is 10.0 Å². The van der Waals surface area contributed by atoms with E-state index in [4.69, 9.17) is 67.4 Å². The minimum atomic E-state index is -2.14. The Kier molecular flexibility index (Phi) is 13.4. The van der Waals surface area contributed by atoms with Crippen LogP contribution in [0.15, 0.2) is 139 Å². The zero-order chi connectivity index (χ0) is 39.3. The van der Waals surface area contributed by atoms with Crippen molar-refractivity contribution in [3.05, 3.63) is 149 Å². The van der Waals surface area contributed by atoms with Crippen LogP contribution in [-0.4, -0.2) is 13.0 Å². The highest BCUT2D eigenvalue weighted by atomic mass is 79.9. The highest BCUT2D eigenvalue weighted by Gasteiger charge is 2.26. The molecule has 7 rings (SSSR count). The molecule has 0 amide bonds. The maximum absolute atomic E-state index is 7.10. The van der Waals surface area contributed by atoms with Crippen molar-refractivity contribution in [1.29, 1.82) is 0 Å². The number of hydrogen-bond acceptors (Lipinski definition) is 9. The minimum Gasteiger partial charge on any atom is -0.455 e. The molecule has 0 aliphatic heterocycles. The number of rotatable bonds is 12. The van der Waals surface area contributed by atoms with Crippen molar-refractivity contribution in [3.63, 3.8) is 0 Å². The Morgan fingerprint density at radius 1 is 0.589 bits per heavy atom. The topological polar surface area (TPSA) is 130 Å². The Bertz CT molecular complexity index is 2600. The number of benzene rings is 6. The molecule has 4 N–H and O–H groups in total. The first-order chi connectivity index (χ1) is 27.0. The third kappa shape index (κ3) is 10.1. The van der Waals surface area contributed by atoms with Crippen LogP contribution in [0, 0.1) is 0 Å². The molecule has 0 fully saturated rings. The highest BCUT2D eigenvalue weighted by Crippen LogP contribution is 2.51. The fraction of sp³-hybridized carbons (Fsp3) is 0. The Labute approximate surface area is 367 Å². The molecule has 2 atom stereocenters. The summed E-state index contributed by atoms with van der Waals surface area (Å²) in [6.07, 6.45) is 0. The summed E-state index contributed by atoms with van der Waals surface area (Å²) in [6.45, 7) is 0. The molecule has 6 aromatic carbocycles. The molecule has 2 unspecified atom stereocenters. The number of aromatic nitrogens is 3. The fourth-order valence-electron chi connectivity index (χ4n) is 4.68. The van der Waals surface area contributed by atoms with Gasteiger partial charge in [-0.25, -0.2) is 0 Å². The fourth-order valence-corrected chi connectivity index (χ4v) is 11.6. The maximum Gasteiger partial charge on any atom is 0.319 e. The van der Waals surface area contributed by atoms with E-state index in [2.05, 4.69) is 63.7 Å². The molecule has 7 aromatic rings. The number of nitrogens with zero attached hydrogens (tertiary/aromatic N) is 3. The van der Waals surface area contributed by atoms with Gasteiger partial charge in [0.25, 0.3) is 0 Å². The molecule has 0 spiro atoms. The normalized spacial score (nSPS) is 11.6. The van der Waals surface area contributed by atoms with E-state index in [1.54, 1.807) is 60.7 Å². The van der Waals surface area contributed by atoms with E-state index in [0.717, 1.165) is 17.9 Å². The molecule has 0 bridgehead atoms. The van der Waals surface area contributed by atoms with E-state index in [0.29, 0.717) is 37.2 Å². The van der Waals surface area contributed by atoms with Crippen LogP contribution < -0.4 is 39.7 Å². The van der Waals surface area contributed by atoms with Crippen LogP contribution in [0.3, 0.4) is 0 Å². The summed E-state index contributed by atoms with van der Waals surface area (Å²) in [5.74, 6) is 2.63. The van der Waals surface area contributed by atoms with Gasteiger partial charge in [-0.2, -0.15) is 0 Å². The van der Waals surface area contributed by atoms with Crippen molar-refractivity contribution >= 4 is 123 Å². The lowest BCUT2D eigenvalue weighted by atomic mass is 10.2. The Balaban J connectivity index is 1.41. The van der Waals surface area contributed by atoms with Gasteiger partial charge in [-0.05, 0) is 95.3 Å². The van der Waals surface area contributed by atoms with Gasteiger partial charge in [0.15, 0.2) is 37.3 Å². The van der Waals surface area contributed by atoms with Crippen molar-refractivity contribution in [3.8, 4) is 46.0 Å². The van der Waals surface area contributed by atoms with Crippen LogP contribution >= 0.6 is 112 Å². The monoisotopic (exact) mass is 1100 g/mol. The lowest BCUT2D eigenvalue weighted by Crippen LogP contribution is -2.14. The zero-order valence-corrected chi connectivity index (χ0v) is 38.6. The summed E-state index contributed by atoms with van der Waals surface area (Å²) in [6, 6.07) is 35.6. The zero-order valence-electron chi connectivity index (χ0n) is 28.1. The molecule has 0 aliphatic carbocycles. The van der Waals surface area contributed by atoms with E-state index in [1.807, 2.05) is 60.7 Å². The predicted molar refractivity (Wildman–Crippen MR) is 238 cm³/mol. The van der Waals surface area contributed by atoms with Crippen molar-refractivity contribution in [1.82, 2.24) is 13.0 Å². The third-order valence-electron chi connectivity index (χ3n) is 7.14. The van der Waals surface area contributed by atoms with Crippen molar-refractivity contribution < 1.29 is 28.2 Å². The van der Waals surface area contributed by atoms with Gasteiger partial charge in [-0.15, -0.1) is 4.51 Å². The van der Waals surface area contributed by atoms with Gasteiger partial charge in [-0.3, -0.25) is 0 Å². The number of hydrogen-bond donors (Lipinski definition) is 2. The first-order valence-corrected chi connectivity index (χ1v) is 22.9. The molecule has 0 saturated heterocycles. The Morgan fingerprint density at radius 2 is 1.16 bits per heavy atom. The molecule has 286 valence electrons. The van der Waals surface area contributed by atoms with E-state index < -0.39 is 16.2 Å². The standard InChI is InChI=1S/C36H24Br4Cl2N5O6P3/c37-21-5-1-9-26(15-21)48-33-20-32(34(42)36(35(33)44)49-27-10-2-6-22(38)16-27)53-55-45-54-46(50-28-11-3-7-23(39)17-28)56(52-29-12-4-8-24(40)18-29)47(55)51-31-14-13-25(43)19-30(31)41/h1-20H,43-44H2. The maximum atomic E-state index is 7.10. The molecule has 1 heterocycles. The molecule has 1 aromatic heterocycles. The van der Waals surface area contributed by atoms with E-state index in [-0.39, 0.29) is 38.7 Å². The number of anilines is 2. The second-order valence-electron chi connectivity index (χ2n) is 11.2. The minimum absolute atomic E-state index is 0.0500. The number of ether oxygens (including phenoxy) is 2. The molecule has 56 heavy (non-hydrogen) atoms. The van der Waals surface area contributed by atoms with Crippen molar-refractivity contribution in [2.24, 2.45) is 0 Å². The van der Waals surface area contributed by atoms with E-state index in [1.165, 1.54) is 8.51 Å². The van der Waals surface area contributed by atoms with Crippen molar-refractivity contribution in [2.45, 2.75) is 0 Å². The van der Waals surface area contributed by atoms with Gasteiger partial charge in [-0.1, -0.05) is 115 Å². The van der Waals surface area contributed by atoms with Crippen LogP contribution in [-0.2, 0) is 0 Å². The van der Waals surface area contributed by atoms with Crippen molar-refractivity contribution in [2.75, 3.05) is 11.5 Å². The third-order valence-corrected chi connectivity index (χ3v) is 14.4. The largest absolute Gasteiger partial charge is 0.455 e. The van der Waals surface area contributed by atoms with Gasteiger partial charge in [0.1, 0.15) is 28.0 Å². The molecule has 20 heteroatoms. The van der Waals surface area contributed by atoms with Crippen LogP contribution in [0.4, 0.5) is 11.4 Å². The molecule has 0 radical (unpaired) electrons.